The van der Waals surface area contributed by atoms with E-state index in [1.54, 1.807) is 20.8 Å². The molecule has 8 nitrogen and oxygen atoms in total. The second-order valence-electron chi connectivity index (χ2n) is 6.39. The van der Waals surface area contributed by atoms with Crippen LogP contribution in [-0.4, -0.2) is 76.2 Å². The minimum Gasteiger partial charge on any atom is -0.443 e. The zero-order valence-electron chi connectivity index (χ0n) is 13.7. The Labute approximate surface area is 131 Å². The summed E-state index contributed by atoms with van der Waals surface area (Å²) in [7, 11) is 0. The van der Waals surface area contributed by atoms with Crippen molar-refractivity contribution in [2.75, 3.05) is 26.2 Å². The first-order chi connectivity index (χ1) is 10.1. The highest BCUT2D eigenvalue weighted by Gasteiger charge is 2.37. The van der Waals surface area contributed by atoms with Gasteiger partial charge in [0.25, 0.3) is 0 Å². The molecule has 0 saturated carbocycles. The van der Waals surface area contributed by atoms with E-state index in [1.807, 2.05) is 6.92 Å². The average Bonchev–Trinajstić information content (AvgIpc) is 2.38. The Morgan fingerprint density at radius 3 is 2.36 bits per heavy atom. The van der Waals surface area contributed by atoms with Crippen LogP contribution in [0.2, 0.25) is 0 Å². The van der Waals surface area contributed by atoms with Gasteiger partial charge >= 0.3 is 6.09 Å². The van der Waals surface area contributed by atoms with Crippen molar-refractivity contribution in [2.45, 2.75) is 51.9 Å². The van der Waals surface area contributed by atoms with E-state index in [0.717, 1.165) is 6.42 Å². The van der Waals surface area contributed by atoms with Crippen molar-refractivity contribution in [1.82, 2.24) is 15.3 Å². The zero-order valence-corrected chi connectivity index (χ0v) is 13.7. The predicted molar refractivity (Wildman–Crippen MR) is 79.8 cm³/mol. The fraction of sp³-hybridized carbons (Fsp3) is 0.857. The molecule has 3 N–H and O–H groups in total. The smallest absolute Gasteiger partial charge is 0.425 e. The van der Waals surface area contributed by atoms with Crippen molar-refractivity contribution in [1.29, 1.82) is 0 Å². The number of nitrogens with zero attached hydrogens (tertiary/aromatic N) is 2. The number of nitrogens with one attached hydrogen (secondary N) is 1. The molecule has 1 fully saturated rings. The van der Waals surface area contributed by atoms with Gasteiger partial charge in [-0.15, -0.1) is 0 Å². The van der Waals surface area contributed by atoms with Crippen LogP contribution >= 0.6 is 0 Å². The van der Waals surface area contributed by atoms with Crippen LogP contribution in [-0.2, 0) is 9.53 Å². The molecule has 0 spiro atoms. The summed E-state index contributed by atoms with van der Waals surface area (Å²) in [6, 6.07) is 0. The highest BCUT2D eigenvalue weighted by molar-refractivity contribution is 5.78. The van der Waals surface area contributed by atoms with E-state index in [9.17, 15) is 19.8 Å². The molecule has 1 aliphatic heterocycles. The van der Waals surface area contributed by atoms with Gasteiger partial charge in [0, 0.05) is 13.1 Å². The van der Waals surface area contributed by atoms with Gasteiger partial charge in [0.15, 0.2) is 0 Å². The molecule has 0 unspecified atom stereocenters. The molecule has 1 aliphatic rings. The summed E-state index contributed by atoms with van der Waals surface area (Å²) in [5.41, 5.74) is -0.686. The number of aliphatic hydroxyl groups is 2. The van der Waals surface area contributed by atoms with Crippen molar-refractivity contribution in [3.05, 3.63) is 0 Å². The van der Waals surface area contributed by atoms with Crippen molar-refractivity contribution in [3.63, 3.8) is 0 Å². The van der Waals surface area contributed by atoms with Gasteiger partial charge in [0.2, 0.25) is 5.91 Å². The fourth-order valence-corrected chi connectivity index (χ4v) is 1.99. The molecule has 2 atom stereocenters. The number of amides is 2. The summed E-state index contributed by atoms with van der Waals surface area (Å²) in [6.07, 6.45) is -1.93. The Morgan fingerprint density at radius 1 is 1.23 bits per heavy atom. The third-order valence-corrected chi connectivity index (χ3v) is 3.05. The molecule has 0 radical (unpaired) electrons. The van der Waals surface area contributed by atoms with E-state index < -0.39 is 23.9 Å². The molecule has 8 heteroatoms. The van der Waals surface area contributed by atoms with Crippen LogP contribution in [0.25, 0.3) is 0 Å². The monoisotopic (exact) mass is 317 g/mol. The van der Waals surface area contributed by atoms with Crippen LogP contribution in [0.5, 0.6) is 0 Å². The van der Waals surface area contributed by atoms with Gasteiger partial charge in [-0.2, -0.15) is 0 Å². The minimum atomic E-state index is -1.07. The first-order valence-corrected chi connectivity index (χ1v) is 7.52. The minimum absolute atomic E-state index is 0.0139. The number of carbonyl (C=O) groups excluding carboxylic acids is 2. The Hall–Kier alpha value is -1.38. The van der Waals surface area contributed by atoms with Crippen LogP contribution in [0.15, 0.2) is 0 Å². The van der Waals surface area contributed by atoms with Crippen LogP contribution in [0.3, 0.4) is 0 Å². The molecule has 1 heterocycles. The Morgan fingerprint density at radius 2 is 1.82 bits per heavy atom. The van der Waals surface area contributed by atoms with Crippen molar-refractivity contribution in [3.8, 4) is 0 Å². The number of hydrogen-bond acceptors (Lipinski definition) is 6. The number of aliphatic hydroxyl groups excluding tert-OH is 2. The first kappa shape index (κ1) is 18.7. The van der Waals surface area contributed by atoms with Gasteiger partial charge in [-0.1, -0.05) is 6.92 Å². The lowest BCUT2D eigenvalue weighted by atomic mass is 10.1. The predicted octanol–water partition coefficient (Wildman–Crippen LogP) is -0.298. The van der Waals surface area contributed by atoms with Gasteiger partial charge in [-0.25, -0.2) is 14.8 Å². The molecular weight excluding hydrogens is 290 g/mol. The maximum absolute atomic E-state index is 12.2. The van der Waals surface area contributed by atoms with Crippen molar-refractivity contribution < 1.29 is 24.5 Å². The largest absolute Gasteiger partial charge is 0.443 e. The molecule has 0 aromatic carbocycles. The molecule has 1 saturated heterocycles. The lowest BCUT2D eigenvalue weighted by Crippen LogP contribution is -2.62. The van der Waals surface area contributed by atoms with Crippen molar-refractivity contribution in [2.24, 2.45) is 0 Å². The highest BCUT2D eigenvalue weighted by Crippen LogP contribution is 2.17. The summed E-state index contributed by atoms with van der Waals surface area (Å²) < 4.78 is 5.27. The normalized spacial score (nSPS) is 23.3. The second kappa shape index (κ2) is 7.75. The zero-order chi connectivity index (χ0) is 16.9. The quantitative estimate of drug-likeness (QED) is 0.658. The standard InChI is InChI=1S/C14H27N3O5/c1-5-6-15-12(20)9-16-7-10(18)11(19)8-17(16)13(21)22-14(2,3)4/h10-11,18-19H,5-9H2,1-4H3,(H,15,20)/t10-,11+/m1/s1. The summed E-state index contributed by atoms with van der Waals surface area (Å²) in [5.74, 6) is -0.251. The van der Waals surface area contributed by atoms with Gasteiger partial charge in [0.1, 0.15) is 11.7 Å². The van der Waals surface area contributed by atoms with Gasteiger partial charge in [0.05, 0.1) is 19.2 Å². The van der Waals surface area contributed by atoms with Crippen LogP contribution in [0, 0.1) is 0 Å². The number of ether oxygens (including phenoxy) is 1. The van der Waals surface area contributed by atoms with Crippen LogP contribution in [0.1, 0.15) is 34.1 Å². The summed E-state index contributed by atoms with van der Waals surface area (Å²) in [4.78, 5) is 24.0. The lowest BCUT2D eigenvalue weighted by Gasteiger charge is -2.42. The number of hydrogen-bond donors (Lipinski definition) is 3. The summed E-state index contributed by atoms with van der Waals surface area (Å²) in [5, 5.41) is 24.8. The topological polar surface area (TPSA) is 102 Å². The maximum Gasteiger partial charge on any atom is 0.425 e. The van der Waals surface area contributed by atoms with Crippen LogP contribution in [0.4, 0.5) is 4.79 Å². The van der Waals surface area contributed by atoms with E-state index in [0.29, 0.717) is 6.54 Å². The number of β-amino-alcohol motifs (C(OH)–C–C–N with tert-alkyl or cyclic N) is 2. The molecule has 22 heavy (non-hydrogen) atoms. The molecule has 0 bridgehead atoms. The van der Waals surface area contributed by atoms with Gasteiger partial charge in [-0.3, -0.25) is 4.79 Å². The van der Waals surface area contributed by atoms with Gasteiger partial charge < -0.3 is 20.3 Å². The van der Waals surface area contributed by atoms with Crippen LogP contribution < -0.4 is 5.32 Å². The lowest BCUT2D eigenvalue weighted by molar-refractivity contribution is -0.150. The summed E-state index contributed by atoms with van der Waals surface area (Å²) >= 11 is 0. The molecule has 1 rings (SSSR count). The molecule has 2 amide bonds. The third-order valence-electron chi connectivity index (χ3n) is 3.05. The average molecular weight is 317 g/mol. The molecular formula is C14H27N3O5. The highest BCUT2D eigenvalue weighted by atomic mass is 16.6. The van der Waals surface area contributed by atoms with E-state index in [4.69, 9.17) is 4.74 Å². The molecule has 128 valence electrons. The van der Waals surface area contributed by atoms with Crippen molar-refractivity contribution >= 4 is 12.0 Å². The number of carbonyl (C=O) groups is 2. The van der Waals surface area contributed by atoms with E-state index in [-0.39, 0.29) is 25.5 Å². The van der Waals surface area contributed by atoms with Gasteiger partial charge in [-0.05, 0) is 27.2 Å². The Balaban J connectivity index is 2.75. The maximum atomic E-state index is 12.2. The Bertz CT molecular complexity index is 396. The molecule has 0 aromatic rings. The SMILES string of the molecule is CCCNC(=O)CN1C[C@@H](O)[C@@H](O)CN1C(=O)OC(C)(C)C. The molecule has 0 aromatic heterocycles. The van der Waals surface area contributed by atoms with E-state index in [1.165, 1.54) is 10.0 Å². The Kier molecular flexibility index (Phi) is 6.58. The second-order valence-corrected chi connectivity index (χ2v) is 6.39. The number of rotatable bonds is 4. The number of hydrazine groups is 1. The summed E-state index contributed by atoms with van der Waals surface area (Å²) in [6.45, 7) is 7.48. The third kappa shape index (κ3) is 5.78. The van der Waals surface area contributed by atoms with E-state index >= 15 is 0 Å². The first-order valence-electron chi connectivity index (χ1n) is 7.52. The van der Waals surface area contributed by atoms with E-state index in [2.05, 4.69) is 5.32 Å². The fourth-order valence-electron chi connectivity index (χ4n) is 1.99. The molecule has 0 aliphatic carbocycles.